The van der Waals surface area contributed by atoms with Crippen molar-refractivity contribution >= 4 is 45.8 Å². The minimum absolute atomic E-state index is 0.166. The summed E-state index contributed by atoms with van der Waals surface area (Å²) >= 11 is 0. The minimum atomic E-state index is 0.166. The number of benzene rings is 5. The molecule has 1 fully saturated rings. The lowest BCUT2D eigenvalue weighted by Gasteiger charge is -2.46. The second-order valence-corrected chi connectivity index (χ2v) is 22.5. The topological polar surface area (TPSA) is 14.7 Å². The molecule has 8 aliphatic rings. The van der Waals surface area contributed by atoms with Gasteiger partial charge in [0.1, 0.15) is 0 Å². The summed E-state index contributed by atoms with van der Waals surface area (Å²) in [6, 6.07) is 44.8. The van der Waals surface area contributed by atoms with Gasteiger partial charge in [0, 0.05) is 98.1 Å². The van der Waals surface area contributed by atoms with Crippen LogP contribution < -0.4 is 14.7 Å². The van der Waals surface area contributed by atoms with Crippen molar-refractivity contribution in [2.24, 2.45) is 11.3 Å². The zero-order chi connectivity index (χ0) is 48.5. The van der Waals surface area contributed by atoms with Gasteiger partial charge in [0.15, 0.2) is 0 Å². The second kappa shape index (κ2) is 18.5. The summed E-state index contributed by atoms with van der Waals surface area (Å²) in [5.74, 6) is 1.13. The van der Waals surface area contributed by atoms with Crippen LogP contribution in [0.15, 0.2) is 199 Å². The molecule has 73 heavy (non-hydrogen) atoms. The highest BCUT2D eigenvalue weighted by molar-refractivity contribution is 5.96. The first-order valence-corrected chi connectivity index (χ1v) is 28.0. The lowest BCUT2D eigenvalue weighted by atomic mass is 9.64. The molecule has 4 heteroatoms. The van der Waals surface area contributed by atoms with Crippen molar-refractivity contribution < 1.29 is 0 Å². The van der Waals surface area contributed by atoms with Crippen LogP contribution in [0, 0.1) is 11.3 Å². The van der Waals surface area contributed by atoms with Gasteiger partial charge in [-0.1, -0.05) is 142 Å². The highest BCUT2D eigenvalue weighted by Crippen LogP contribution is 2.54. The quantitative estimate of drug-likeness (QED) is 0.134. The third-order valence-corrected chi connectivity index (χ3v) is 18.3. The maximum Gasteiger partial charge on any atom is 0.0539 e. The van der Waals surface area contributed by atoms with Gasteiger partial charge in [0.05, 0.1) is 5.52 Å². The van der Waals surface area contributed by atoms with Crippen molar-refractivity contribution in [3.63, 3.8) is 0 Å². The summed E-state index contributed by atoms with van der Waals surface area (Å²) in [6.07, 6.45) is 46.9. The third kappa shape index (κ3) is 7.69. The molecule has 0 radical (unpaired) electrons. The molecule has 0 amide bonds. The van der Waals surface area contributed by atoms with Crippen LogP contribution in [0.1, 0.15) is 136 Å². The first-order chi connectivity index (χ1) is 36.1. The normalized spacial score (nSPS) is 23.9. The molecule has 0 spiro atoms. The molecule has 0 bridgehead atoms. The molecule has 7 aliphatic carbocycles. The molecule has 2 heterocycles. The van der Waals surface area contributed by atoms with Gasteiger partial charge in [-0.25, -0.2) is 0 Å². The zero-order valence-electron chi connectivity index (χ0n) is 42.6. The maximum absolute atomic E-state index is 2.75. The fourth-order valence-electron chi connectivity index (χ4n) is 14.7. The van der Waals surface area contributed by atoms with E-state index in [1.165, 1.54) is 141 Å². The van der Waals surface area contributed by atoms with Crippen LogP contribution in [0.4, 0.5) is 22.7 Å². The van der Waals surface area contributed by atoms with Crippen LogP contribution in [0.3, 0.4) is 0 Å². The van der Waals surface area contributed by atoms with E-state index < -0.39 is 0 Å². The zero-order valence-corrected chi connectivity index (χ0v) is 42.6. The monoisotopic (exact) mass is 953 g/mol. The van der Waals surface area contributed by atoms with Crippen LogP contribution in [-0.4, -0.2) is 10.6 Å². The fourth-order valence-corrected chi connectivity index (χ4v) is 14.7. The molecule has 6 aromatic rings. The molecular weight excluding hydrogens is 885 g/mol. The van der Waals surface area contributed by atoms with Crippen LogP contribution in [0.5, 0.6) is 0 Å². The number of fused-ring (bicyclic) bond motifs is 8. The average molecular weight is 953 g/mol. The van der Waals surface area contributed by atoms with Crippen LogP contribution in [-0.2, 0) is 12.8 Å². The van der Waals surface area contributed by atoms with E-state index in [0.29, 0.717) is 23.8 Å². The Morgan fingerprint density at radius 2 is 1.51 bits per heavy atom. The Bertz CT molecular complexity index is 3380. The molecule has 0 saturated heterocycles. The molecule has 1 saturated carbocycles. The number of hydrogen-bond acceptors (Lipinski definition) is 3. The molecule has 14 rings (SSSR count). The number of rotatable bonds is 9. The molecular formula is C69H68N4. The van der Waals surface area contributed by atoms with E-state index in [1.54, 1.807) is 0 Å². The SMILES string of the molecule is CC12C=CCCC1C(N(C1=CCC(c3ccc(N(C4=CC=C5C(C4)c4ccccc4N5C4CCCCC4)c4cccc5c4CCC=C5)cc3)C=C1)c1ccc3c(c1)c1c(n3-c3ccccc3)CCC=C1)=CCC2. The first-order valence-electron chi connectivity index (χ1n) is 28.0. The van der Waals surface area contributed by atoms with Crippen molar-refractivity contribution in [1.82, 2.24) is 4.57 Å². The van der Waals surface area contributed by atoms with Crippen LogP contribution in [0.25, 0.3) is 28.7 Å². The van der Waals surface area contributed by atoms with E-state index in [-0.39, 0.29) is 5.41 Å². The standard InChI is InChI=1S/C69H68N4/c1-69-44-15-14-27-62(69)68(31-17-45-69)71(56-41-43-67-61(47-56)59-26-11-13-29-65(59)73(67)52-22-6-3-7-23-52)54-38-34-49(35-39-54)48-32-36-53(37-33-48)70(63-30-16-19-50-18-8-9-24-57(50)63)55-40-42-66-60(46-55)58-25-10-12-28-64(58)72(66)51-20-4-2-5-21-51/h3,6-8,10-12,15-16,18-19,22-23,25-26,28,30-34,36-44,47,49,51,60,62H,2,4-5,9,13-14,17,20-21,24,27,29,35,45-46H2,1H3. The number of anilines is 4. The number of aromatic nitrogens is 1. The highest BCUT2D eigenvalue weighted by Gasteiger charge is 2.42. The summed E-state index contributed by atoms with van der Waals surface area (Å²) in [7, 11) is 0. The van der Waals surface area contributed by atoms with Gasteiger partial charge in [-0.2, -0.15) is 0 Å². The third-order valence-electron chi connectivity index (χ3n) is 18.3. The van der Waals surface area contributed by atoms with Crippen LogP contribution >= 0.6 is 0 Å². The maximum atomic E-state index is 2.75. The van der Waals surface area contributed by atoms with Gasteiger partial charge in [-0.15, -0.1) is 0 Å². The van der Waals surface area contributed by atoms with E-state index in [2.05, 4.69) is 214 Å². The van der Waals surface area contributed by atoms with E-state index in [4.69, 9.17) is 0 Å². The molecule has 5 aromatic carbocycles. The van der Waals surface area contributed by atoms with Gasteiger partial charge in [0.2, 0.25) is 0 Å². The number of para-hydroxylation sites is 2. The average Bonchev–Trinajstić information content (AvgIpc) is 3.98. The van der Waals surface area contributed by atoms with E-state index in [0.717, 1.165) is 51.4 Å². The van der Waals surface area contributed by atoms with E-state index in [1.807, 2.05) is 0 Å². The van der Waals surface area contributed by atoms with Gasteiger partial charge < -0.3 is 19.3 Å². The predicted molar refractivity (Wildman–Crippen MR) is 307 cm³/mol. The Kier molecular flexibility index (Phi) is 11.3. The highest BCUT2D eigenvalue weighted by atomic mass is 15.2. The lowest BCUT2D eigenvalue weighted by Crippen LogP contribution is -2.38. The Morgan fingerprint density at radius 3 is 2.38 bits per heavy atom. The van der Waals surface area contributed by atoms with E-state index in [9.17, 15) is 0 Å². The summed E-state index contributed by atoms with van der Waals surface area (Å²) in [5.41, 5.74) is 22.1. The van der Waals surface area contributed by atoms with Crippen molar-refractivity contribution in [2.45, 2.75) is 121 Å². The molecule has 4 nitrogen and oxygen atoms in total. The largest absolute Gasteiger partial charge is 0.341 e. The molecule has 4 unspecified atom stereocenters. The van der Waals surface area contributed by atoms with Crippen molar-refractivity contribution in [2.75, 3.05) is 14.7 Å². The number of nitrogens with zero attached hydrogens (tertiary/aromatic N) is 4. The Hall–Kier alpha value is -7.04. The Labute approximate surface area is 433 Å². The molecule has 4 atom stereocenters. The molecule has 1 aromatic heterocycles. The van der Waals surface area contributed by atoms with Crippen molar-refractivity contribution in [1.29, 1.82) is 0 Å². The van der Waals surface area contributed by atoms with Gasteiger partial charge in [0.25, 0.3) is 0 Å². The first kappa shape index (κ1) is 44.6. The smallest absolute Gasteiger partial charge is 0.0539 e. The van der Waals surface area contributed by atoms with Crippen molar-refractivity contribution in [3.8, 4) is 5.69 Å². The summed E-state index contributed by atoms with van der Waals surface area (Å²) < 4.78 is 2.52. The molecule has 1 aliphatic heterocycles. The lowest BCUT2D eigenvalue weighted by molar-refractivity contribution is 0.231. The molecule has 0 N–H and O–H groups in total. The minimum Gasteiger partial charge on any atom is -0.341 e. The summed E-state index contributed by atoms with van der Waals surface area (Å²) in [4.78, 5) is 8.04. The Balaban J connectivity index is 0.802. The molecule has 364 valence electrons. The van der Waals surface area contributed by atoms with Gasteiger partial charge in [-0.05, 0) is 171 Å². The number of allylic oxidation sites excluding steroid dienone is 13. The van der Waals surface area contributed by atoms with Crippen LogP contribution in [0.2, 0.25) is 0 Å². The summed E-state index contributed by atoms with van der Waals surface area (Å²) in [6.45, 7) is 2.51. The summed E-state index contributed by atoms with van der Waals surface area (Å²) in [5, 5.41) is 1.34. The Morgan fingerprint density at radius 1 is 0.671 bits per heavy atom. The fraction of sp³-hybridized carbons (Fsp3) is 0.304. The van der Waals surface area contributed by atoms with Gasteiger partial charge >= 0.3 is 0 Å². The predicted octanol–water partition coefficient (Wildman–Crippen LogP) is 17.9. The number of hydrogen-bond donors (Lipinski definition) is 0. The second-order valence-electron chi connectivity index (χ2n) is 22.5. The van der Waals surface area contributed by atoms with Gasteiger partial charge in [-0.3, -0.25) is 0 Å². The van der Waals surface area contributed by atoms with E-state index >= 15 is 0 Å². The van der Waals surface area contributed by atoms with Crippen molar-refractivity contribution in [3.05, 3.63) is 232 Å².